The Morgan fingerprint density at radius 2 is 2.00 bits per heavy atom. The van der Waals surface area contributed by atoms with Gasteiger partial charge in [0.2, 0.25) is 0 Å². The van der Waals surface area contributed by atoms with Crippen LogP contribution in [-0.4, -0.2) is 16.7 Å². The smallest absolute Gasteiger partial charge is 0.129 e. The van der Waals surface area contributed by atoms with Gasteiger partial charge in [-0.3, -0.25) is 4.57 Å². The number of nitrogens with zero attached hydrogens (tertiary/aromatic N) is 3. The zero-order valence-corrected chi connectivity index (χ0v) is 12.1. The summed E-state index contributed by atoms with van der Waals surface area (Å²) in [6.07, 6.45) is 0. The normalized spacial score (nSPS) is 10.5. The van der Waals surface area contributed by atoms with Crippen molar-refractivity contribution in [3.05, 3.63) is 53.9 Å². The molecule has 1 aromatic heterocycles. The SMILES string of the molecule is COc1ccc(-n2c(CCl)nc3ccc(C#N)cc32)cc1. The molecule has 0 radical (unpaired) electrons. The fourth-order valence-corrected chi connectivity index (χ4v) is 2.48. The minimum Gasteiger partial charge on any atom is -0.497 e. The first-order valence-corrected chi connectivity index (χ1v) is 6.92. The first-order chi connectivity index (χ1) is 10.3. The van der Waals surface area contributed by atoms with Gasteiger partial charge in [0.15, 0.2) is 0 Å². The Hall–Kier alpha value is -2.51. The molecule has 0 aliphatic heterocycles. The fourth-order valence-electron chi connectivity index (χ4n) is 2.30. The second-order valence-electron chi connectivity index (χ2n) is 4.51. The number of alkyl halides is 1. The number of rotatable bonds is 3. The fraction of sp³-hybridized carbons (Fsp3) is 0.125. The number of fused-ring (bicyclic) bond motifs is 1. The van der Waals surface area contributed by atoms with Crippen molar-refractivity contribution in [1.29, 1.82) is 5.26 Å². The number of halogens is 1. The summed E-state index contributed by atoms with van der Waals surface area (Å²) in [7, 11) is 1.63. The molecule has 1 heterocycles. The zero-order chi connectivity index (χ0) is 14.8. The minimum absolute atomic E-state index is 0.294. The molecule has 0 spiro atoms. The van der Waals surface area contributed by atoms with E-state index < -0.39 is 0 Å². The second kappa shape index (κ2) is 5.47. The lowest BCUT2D eigenvalue weighted by Crippen LogP contribution is -1.99. The average Bonchev–Trinajstić information content (AvgIpc) is 2.92. The quantitative estimate of drug-likeness (QED) is 0.693. The summed E-state index contributed by atoms with van der Waals surface area (Å²) in [5.41, 5.74) is 3.22. The van der Waals surface area contributed by atoms with Gasteiger partial charge in [-0.2, -0.15) is 5.26 Å². The molecule has 3 rings (SSSR count). The lowest BCUT2D eigenvalue weighted by molar-refractivity contribution is 0.414. The summed E-state index contributed by atoms with van der Waals surface area (Å²) in [4.78, 5) is 4.52. The van der Waals surface area contributed by atoms with E-state index in [9.17, 15) is 0 Å². The van der Waals surface area contributed by atoms with Crippen molar-refractivity contribution in [2.24, 2.45) is 0 Å². The Kier molecular flexibility index (Phi) is 3.51. The third-order valence-corrected chi connectivity index (χ3v) is 3.54. The van der Waals surface area contributed by atoms with Gasteiger partial charge in [-0.1, -0.05) is 0 Å². The molecule has 3 aromatic rings. The molecule has 0 saturated heterocycles. The van der Waals surface area contributed by atoms with Crippen LogP contribution in [0.1, 0.15) is 11.4 Å². The Morgan fingerprint density at radius 3 is 2.62 bits per heavy atom. The van der Waals surface area contributed by atoms with E-state index in [0.29, 0.717) is 11.4 Å². The van der Waals surface area contributed by atoms with E-state index in [2.05, 4.69) is 11.1 Å². The van der Waals surface area contributed by atoms with E-state index in [1.54, 1.807) is 13.2 Å². The molecule has 0 saturated carbocycles. The summed E-state index contributed by atoms with van der Waals surface area (Å²) in [6.45, 7) is 0. The lowest BCUT2D eigenvalue weighted by Gasteiger charge is -2.08. The number of nitriles is 1. The van der Waals surface area contributed by atoms with Gasteiger partial charge in [-0.05, 0) is 42.5 Å². The van der Waals surface area contributed by atoms with Gasteiger partial charge in [0.05, 0.1) is 35.7 Å². The van der Waals surface area contributed by atoms with Gasteiger partial charge in [-0.25, -0.2) is 4.98 Å². The van der Waals surface area contributed by atoms with Gasteiger partial charge in [0, 0.05) is 5.69 Å². The van der Waals surface area contributed by atoms with Crippen LogP contribution in [0.4, 0.5) is 0 Å². The number of ether oxygens (including phenoxy) is 1. The van der Waals surface area contributed by atoms with Crippen LogP contribution in [-0.2, 0) is 5.88 Å². The molecule has 0 aliphatic carbocycles. The Bertz CT molecular complexity index is 831. The van der Waals surface area contributed by atoms with Crippen LogP contribution in [0.2, 0.25) is 0 Å². The Balaban J connectivity index is 2.25. The molecule has 2 aromatic carbocycles. The van der Waals surface area contributed by atoms with Crippen LogP contribution < -0.4 is 4.74 Å². The number of hydrogen-bond acceptors (Lipinski definition) is 3. The topological polar surface area (TPSA) is 50.8 Å². The first kappa shape index (κ1) is 13.5. The molecule has 0 fully saturated rings. The Morgan fingerprint density at radius 1 is 1.24 bits per heavy atom. The third kappa shape index (κ3) is 2.32. The summed E-state index contributed by atoms with van der Waals surface area (Å²) in [6, 6.07) is 15.2. The van der Waals surface area contributed by atoms with Crippen molar-refractivity contribution in [2.45, 2.75) is 5.88 Å². The molecule has 0 N–H and O–H groups in total. The van der Waals surface area contributed by atoms with Gasteiger partial charge in [0.25, 0.3) is 0 Å². The van der Waals surface area contributed by atoms with Crippen LogP contribution in [0.3, 0.4) is 0 Å². The molecule has 21 heavy (non-hydrogen) atoms. The van der Waals surface area contributed by atoms with E-state index in [1.807, 2.05) is 41.0 Å². The van der Waals surface area contributed by atoms with Gasteiger partial charge < -0.3 is 4.74 Å². The van der Waals surface area contributed by atoms with Crippen LogP contribution in [0, 0.1) is 11.3 Å². The standard InChI is InChI=1S/C16H12ClN3O/c1-21-13-5-3-12(4-6-13)20-15-8-11(10-18)2-7-14(15)19-16(20)9-17/h2-8H,9H2,1H3. The molecule has 0 amide bonds. The third-order valence-electron chi connectivity index (χ3n) is 3.30. The first-order valence-electron chi connectivity index (χ1n) is 6.38. The minimum atomic E-state index is 0.294. The number of aromatic nitrogens is 2. The average molecular weight is 298 g/mol. The van der Waals surface area contributed by atoms with Crippen LogP contribution in [0.15, 0.2) is 42.5 Å². The number of methoxy groups -OCH3 is 1. The molecule has 5 heteroatoms. The van der Waals surface area contributed by atoms with E-state index in [1.165, 1.54) is 0 Å². The predicted octanol–water partition coefficient (Wildman–Crippen LogP) is 3.64. The molecular formula is C16H12ClN3O. The lowest BCUT2D eigenvalue weighted by atomic mass is 10.2. The summed E-state index contributed by atoms with van der Waals surface area (Å²) >= 11 is 6.01. The highest BCUT2D eigenvalue weighted by Crippen LogP contribution is 2.25. The number of imidazole rings is 1. The molecule has 0 atom stereocenters. The predicted molar refractivity (Wildman–Crippen MR) is 81.9 cm³/mol. The second-order valence-corrected chi connectivity index (χ2v) is 4.78. The highest BCUT2D eigenvalue weighted by atomic mass is 35.5. The number of hydrogen-bond donors (Lipinski definition) is 0. The number of benzene rings is 2. The molecule has 104 valence electrons. The Labute approximate surface area is 127 Å². The van der Waals surface area contributed by atoms with Crippen LogP contribution >= 0.6 is 11.6 Å². The zero-order valence-electron chi connectivity index (χ0n) is 11.4. The highest BCUT2D eigenvalue weighted by Gasteiger charge is 2.12. The van der Waals surface area contributed by atoms with E-state index in [4.69, 9.17) is 21.6 Å². The van der Waals surface area contributed by atoms with Crippen molar-refractivity contribution in [3.8, 4) is 17.5 Å². The van der Waals surface area contributed by atoms with E-state index in [-0.39, 0.29) is 0 Å². The maximum atomic E-state index is 9.07. The van der Waals surface area contributed by atoms with Gasteiger partial charge in [-0.15, -0.1) is 11.6 Å². The van der Waals surface area contributed by atoms with Crippen molar-refractivity contribution < 1.29 is 4.74 Å². The molecule has 0 unspecified atom stereocenters. The van der Waals surface area contributed by atoms with Crippen molar-refractivity contribution in [3.63, 3.8) is 0 Å². The van der Waals surface area contributed by atoms with E-state index in [0.717, 1.165) is 28.3 Å². The van der Waals surface area contributed by atoms with Crippen molar-refractivity contribution >= 4 is 22.6 Å². The highest BCUT2D eigenvalue weighted by molar-refractivity contribution is 6.17. The summed E-state index contributed by atoms with van der Waals surface area (Å²) < 4.78 is 7.13. The summed E-state index contributed by atoms with van der Waals surface area (Å²) in [5, 5.41) is 9.07. The van der Waals surface area contributed by atoms with Crippen molar-refractivity contribution in [1.82, 2.24) is 9.55 Å². The maximum Gasteiger partial charge on any atom is 0.129 e. The largest absolute Gasteiger partial charge is 0.497 e. The van der Waals surface area contributed by atoms with Crippen molar-refractivity contribution in [2.75, 3.05) is 7.11 Å². The molecule has 4 nitrogen and oxygen atoms in total. The van der Waals surface area contributed by atoms with Gasteiger partial charge in [0.1, 0.15) is 11.6 Å². The molecular weight excluding hydrogens is 286 g/mol. The maximum absolute atomic E-state index is 9.07. The van der Waals surface area contributed by atoms with Gasteiger partial charge >= 0.3 is 0 Å². The van der Waals surface area contributed by atoms with E-state index >= 15 is 0 Å². The van der Waals surface area contributed by atoms with Crippen LogP contribution in [0.5, 0.6) is 5.75 Å². The molecule has 0 bridgehead atoms. The monoisotopic (exact) mass is 297 g/mol. The molecule has 0 aliphatic rings. The summed E-state index contributed by atoms with van der Waals surface area (Å²) in [5.74, 6) is 1.82. The van der Waals surface area contributed by atoms with Crippen LogP contribution in [0.25, 0.3) is 16.7 Å².